The summed E-state index contributed by atoms with van der Waals surface area (Å²) in [5.74, 6) is 0. The second-order valence-electron chi connectivity index (χ2n) is 25.1. The van der Waals surface area contributed by atoms with E-state index in [1.54, 1.807) is 18.2 Å². The van der Waals surface area contributed by atoms with Crippen molar-refractivity contribution in [3.8, 4) is 84.2 Å². The molecule has 446 valence electrons. The highest BCUT2D eigenvalue weighted by atomic mass is 19.4. The van der Waals surface area contributed by atoms with E-state index >= 15 is 0 Å². The molecule has 11 aromatic carbocycles. The Bertz CT molecular complexity index is 4890. The Kier molecular flexibility index (Phi) is 14.2. The van der Waals surface area contributed by atoms with Gasteiger partial charge in [0.1, 0.15) is 0 Å². The Labute approximate surface area is 520 Å². The van der Waals surface area contributed by atoms with Crippen molar-refractivity contribution in [2.24, 2.45) is 0 Å². The fraction of sp³-hybridized carbons (Fsp3) is 0.173. The van der Waals surface area contributed by atoms with Gasteiger partial charge in [0.2, 0.25) is 0 Å². The third-order valence-electron chi connectivity index (χ3n) is 18.2. The van der Waals surface area contributed by atoms with Gasteiger partial charge < -0.3 is 9.13 Å². The number of nitriles is 1. The van der Waals surface area contributed by atoms with E-state index in [9.17, 15) is 31.6 Å². The number of hydrogen-bond acceptors (Lipinski definition) is 1. The predicted octanol–water partition coefficient (Wildman–Crippen LogP) is 23.5. The molecule has 0 spiro atoms. The van der Waals surface area contributed by atoms with Gasteiger partial charge in [0, 0.05) is 32.7 Å². The Balaban J connectivity index is 1.15. The van der Waals surface area contributed by atoms with Gasteiger partial charge in [-0.05, 0) is 274 Å². The van der Waals surface area contributed by atoms with Crippen molar-refractivity contribution in [1.29, 1.82) is 5.26 Å². The van der Waals surface area contributed by atoms with Gasteiger partial charge >= 0.3 is 12.4 Å². The maximum absolute atomic E-state index is 14.8. The SMILES string of the molecule is Cc1cc(C)c(-c2ccc3c(c2)c2cc(-c4c(C)cc(C)cc4C)ccc2n3-c2ccc(-c3cc(C(F)(F)F)cc(C(F)(F)F)c3)cc2-c2ccc(C#N)cc2-n2c3ccc(-c4c(C)cc(C)cc4C)cc3c3cc(-c4c(C)cc(C)cc4C)ccc32)c(C)c1. The van der Waals surface area contributed by atoms with Crippen LogP contribution in [0.25, 0.3) is 122 Å². The summed E-state index contributed by atoms with van der Waals surface area (Å²) in [6, 6.07) is 58.1. The number of benzene rings is 11. The summed E-state index contributed by atoms with van der Waals surface area (Å²) in [4.78, 5) is 0. The lowest BCUT2D eigenvalue weighted by Crippen LogP contribution is -2.11. The zero-order valence-electron chi connectivity index (χ0n) is 52.4. The number of fused-ring (bicyclic) bond motifs is 6. The maximum atomic E-state index is 14.8. The second-order valence-corrected chi connectivity index (χ2v) is 25.1. The van der Waals surface area contributed by atoms with Gasteiger partial charge in [-0.1, -0.05) is 107 Å². The monoisotopic (exact) mass is 1190 g/mol. The molecule has 0 saturated heterocycles. The molecule has 0 radical (unpaired) electrons. The number of hydrogen-bond donors (Lipinski definition) is 0. The predicted molar refractivity (Wildman–Crippen MR) is 359 cm³/mol. The number of alkyl halides is 6. The van der Waals surface area contributed by atoms with Gasteiger partial charge in [-0.15, -0.1) is 0 Å². The Hall–Kier alpha value is -9.91. The average molecular weight is 1190 g/mol. The zero-order valence-corrected chi connectivity index (χ0v) is 52.4. The lowest BCUT2D eigenvalue weighted by Gasteiger charge is -2.21. The first-order valence-electron chi connectivity index (χ1n) is 30.2. The molecule has 0 fully saturated rings. The largest absolute Gasteiger partial charge is 0.416 e. The molecule has 2 heterocycles. The molecule has 0 amide bonds. The second kappa shape index (κ2) is 21.7. The minimum absolute atomic E-state index is 0.130. The van der Waals surface area contributed by atoms with Crippen LogP contribution in [0, 0.1) is 94.4 Å². The van der Waals surface area contributed by atoms with Crippen molar-refractivity contribution in [1.82, 2.24) is 9.13 Å². The van der Waals surface area contributed by atoms with Crippen LogP contribution in [0.4, 0.5) is 26.3 Å². The molecule has 90 heavy (non-hydrogen) atoms. The van der Waals surface area contributed by atoms with Crippen molar-refractivity contribution in [2.45, 2.75) is 95.4 Å². The fourth-order valence-corrected chi connectivity index (χ4v) is 15.0. The number of aryl methyl sites for hydroxylation is 12. The van der Waals surface area contributed by atoms with Crippen LogP contribution in [-0.4, -0.2) is 9.13 Å². The molecule has 0 bridgehead atoms. The summed E-state index contributed by atoms with van der Waals surface area (Å²) in [6.45, 7) is 25.4. The lowest BCUT2D eigenvalue weighted by atomic mass is 9.91. The minimum atomic E-state index is -5.09. The third kappa shape index (κ3) is 10.1. The molecule has 0 N–H and O–H groups in total. The highest BCUT2D eigenvalue weighted by molar-refractivity contribution is 6.14. The number of halogens is 6. The van der Waals surface area contributed by atoms with Crippen LogP contribution in [0.3, 0.4) is 0 Å². The maximum Gasteiger partial charge on any atom is 0.416 e. The van der Waals surface area contributed by atoms with E-state index in [0.29, 0.717) is 28.1 Å². The van der Waals surface area contributed by atoms with Gasteiger partial charge in [0.15, 0.2) is 0 Å². The van der Waals surface area contributed by atoms with Crippen molar-refractivity contribution in [3.63, 3.8) is 0 Å². The van der Waals surface area contributed by atoms with Crippen molar-refractivity contribution in [2.75, 3.05) is 0 Å². The molecule has 0 aliphatic rings. The van der Waals surface area contributed by atoms with E-state index in [-0.39, 0.29) is 17.2 Å². The number of rotatable bonds is 8. The Morgan fingerprint density at radius 2 is 0.600 bits per heavy atom. The van der Waals surface area contributed by atoms with Crippen molar-refractivity contribution < 1.29 is 26.3 Å². The highest BCUT2D eigenvalue weighted by Crippen LogP contribution is 2.48. The Morgan fingerprint density at radius 3 is 0.911 bits per heavy atom. The van der Waals surface area contributed by atoms with Crippen LogP contribution >= 0.6 is 0 Å². The minimum Gasteiger partial charge on any atom is -0.309 e. The molecule has 13 aromatic rings. The lowest BCUT2D eigenvalue weighted by molar-refractivity contribution is -0.143. The number of nitrogens with zero attached hydrogens (tertiary/aromatic N) is 3. The van der Waals surface area contributed by atoms with E-state index in [0.717, 1.165) is 167 Å². The molecule has 3 nitrogen and oxygen atoms in total. The van der Waals surface area contributed by atoms with Crippen LogP contribution in [0.15, 0.2) is 176 Å². The smallest absolute Gasteiger partial charge is 0.309 e. The molecule has 2 aromatic heterocycles. The number of aromatic nitrogens is 2. The summed E-state index contributed by atoms with van der Waals surface area (Å²) in [6.07, 6.45) is -10.2. The summed E-state index contributed by atoms with van der Waals surface area (Å²) >= 11 is 0. The fourth-order valence-electron chi connectivity index (χ4n) is 15.0. The van der Waals surface area contributed by atoms with Crippen LogP contribution in [0.2, 0.25) is 0 Å². The molecular weight excluding hydrogens is 1130 g/mol. The van der Waals surface area contributed by atoms with Gasteiger partial charge in [-0.3, -0.25) is 0 Å². The van der Waals surface area contributed by atoms with Crippen molar-refractivity contribution in [3.05, 3.63) is 259 Å². The van der Waals surface area contributed by atoms with Crippen molar-refractivity contribution >= 4 is 43.6 Å². The quantitative estimate of drug-likeness (QED) is 0.140. The zero-order chi connectivity index (χ0) is 63.7. The first kappa shape index (κ1) is 59.1. The van der Waals surface area contributed by atoms with Crippen LogP contribution in [-0.2, 0) is 12.4 Å². The summed E-state index contributed by atoms with van der Waals surface area (Å²) in [5, 5.41) is 14.7. The molecule has 0 aliphatic carbocycles. The van der Waals surface area contributed by atoms with Gasteiger partial charge in [0.25, 0.3) is 0 Å². The van der Waals surface area contributed by atoms with Crippen LogP contribution in [0.5, 0.6) is 0 Å². The van der Waals surface area contributed by atoms with Crippen LogP contribution in [0.1, 0.15) is 83.5 Å². The summed E-state index contributed by atoms with van der Waals surface area (Å²) in [7, 11) is 0. The summed E-state index contributed by atoms with van der Waals surface area (Å²) < 4.78 is 93.3. The van der Waals surface area contributed by atoms with Gasteiger partial charge in [-0.2, -0.15) is 31.6 Å². The molecule has 0 aliphatic heterocycles. The van der Waals surface area contributed by atoms with E-state index in [4.69, 9.17) is 0 Å². The third-order valence-corrected chi connectivity index (χ3v) is 18.2. The Morgan fingerprint density at radius 1 is 0.289 bits per heavy atom. The molecule has 9 heteroatoms. The van der Waals surface area contributed by atoms with E-state index in [1.165, 1.54) is 0 Å². The molecule has 0 unspecified atom stereocenters. The highest BCUT2D eigenvalue weighted by Gasteiger charge is 2.37. The molecular formula is C81H65F6N3. The van der Waals surface area contributed by atoms with E-state index in [2.05, 4.69) is 220 Å². The first-order valence-corrected chi connectivity index (χ1v) is 30.2. The van der Waals surface area contributed by atoms with Gasteiger partial charge in [-0.25, -0.2) is 0 Å². The van der Waals surface area contributed by atoms with Crippen LogP contribution < -0.4 is 0 Å². The molecule has 0 saturated carbocycles. The molecule has 13 rings (SSSR count). The normalized spacial score (nSPS) is 12.1. The first-order chi connectivity index (χ1) is 42.7. The van der Waals surface area contributed by atoms with E-state index in [1.807, 2.05) is 18.2 Å². The van der Waals surface area contributed by atoms with Gasteiger partial charge in [0.05, 0.1) is 56.2 Å². The topological polar surface area (TPSA) is 33.6 Å². The summed E-state index contributed by atoms with van der Waals surface area (Å²) in [5.41, 5.74) is 25.3. The standard InChI is InChI=1S/C81H65F6N3/c1-43-25-47(5)76(48(6)26-43)57-15-21-71-66(37-57)67-38-58(77-49(7)27-44(2)28-50(77)8)16-22-72(67)89(71)70-20-14-56(61-34-62(80(82,83)84)41-63(35-61)81(85,86)87)36-65(70)64-19-13-55(42-88)33-75(64)90-73-23-17-59(78-51(9)29-45(3)30-52(78)10)39-68(73)69-40-60(18-24-74(69)90)79-53(11)31-46(4)32-54(79)12/h13-41H,1-12H3. The average Bonchev–Trinajstić information content (AvgIpc) is 1.95. The van der Waals surface area contributed by atoms with E-state index < -0.39 is 23.5 Å². The molecule has 0 atom stereocenters.